The van der Waals surface area contributed by atoms with E-state index < -0.39 is 17.8 Å². The number of ketones is 1. The smallest absolute Gasteiger partial charge is 0.308 e. The number of ether oxygens (including phenoxy) is 1. The fraction of sp³-hybridized carbons (Fsp3) is 0.381. The van der Waals surface area contributed by atoms with E-state index in [9.17, 15) is 19.5 Å². The molecule has 1 atom stereocenters. The number of benzene rings is 1. The molecule has 0 saturated carbocycles. The molecule has 1 aromatic heterocycles. The molecule has 0 fully saturated rings. The number of carboxylic acids is 1. The second kappa shape index (κ2) is 9.21. The number of aromatic nitrogens is 1. The highest BCUT2D eigenvalue weighted by Gasteiger charge is 2.24. The van der Waals surface area contributed by atoms with Crippen LogP contribution in [0.1, 0.15) is 51.5 Å². The number of H-pyrrole nitrogens is 1. The molecule has 7 heteroatoms. The number of Topliss-reactive ketones (excluding diaryl/α,β-unsaturated/α-hetero) is 1. The van der Waals surface area contributed by atoms with Gasteiger partial charge in [0.05, 0.1) is 13.0 Å². The van der Waals surface area contributed by atoms with Crippen LogP contribution in [-0.4, -0.2) is 41.4 Å². The highest BCUT2D eigenvalue weighted by atomic mass is 16.5. The highest BCUT2D eigenvalue weighted by molar-refractivity contribution is 6.02. The van der Waals surface area contributed by atoms with Gasteiger partial charge in [-0.15, -0.1) is 0 Å². The Hall–Kier alpha value is -3.09. The molecule has 3 N–H and O–H groups in total. The van der Waals surface area contributed by atoms with Crippen molar-refractivity contribution in [3.63, 3.8) is 0 Å². The number of carboxylic acid groups (broad SMARTS) is 1. The number of hydrogen-bond acceptors (Lipinski definition) is 4. The van der Waals surface area contributed by atoms with Crippen molar-refractivity contribution in [3.8, 4) is 5.75 Å². The van der Waals surface area contributed by atoms with Crippen molar-refractivity contribution >= 4 is 17.7 Å². The summed E-state index contributed by atoms with van der Waals surface area (Å²) < 4.78 is 5.27. The molecule has 0 spiro atoms. The van der Waals surface area contributed by atoms with Gasteiger partial charge in [0.15, 0.2) is 5.78 Å². The number of carbonyl (C=O) groups is 3. The molecule has 0 bridgehead atoms. The zero-order valence-electron chi connectivity index (χ0n) is 16.6. The molecule has 0 aliphatic carbocycles. The summed E-state index contributed by atoms with van der Waals surface area (Å²) in [5.74, 6) is -1.73. The Bertz CT molecular complexity index is 885. The lowest BCUT2D eigenvalue weighted by molar-refractivity contribution is -0.141. The normalized spacial score (nSPS) is 11.7. The summed E-state index contributed by atoms with van der Waals surface area (Å²) >= 11 is 0. The number of rotatable bonds is 9. The quantitative estimate of drug-likeness (QED) is 0.574. The largest absolute Gasteiger partial charge is 0.496 e. The maximum absolute atomic E-state index is 12.6. The number of aryl methyl sites for hydroxylation is 1. The van der Waals surface area contributed by atoms with Crippen LogP contribution >= 0.6 is 0 Å². The number of carbonyl (C=O) groups excluding carboxylic acids is 2. The summed E-state index contributed by atoms with van der Waals surface area (Å²) in [5.41, 5.74) is 2.89. The van der Waals surface area contributed by atoms with Gasteiger partial charge in [-0.05, 0) is 43.9 Å². The number of aliphatic carboxylic acids is 1. The summed E-state index contributed by atoms with van der Waals surface area (Å²) in [6, 6.07) is 7.20. The SMILES string of the molecule is CCc1c(C(=O)NCC(Cc2ccccc2OC)C(=O)O)[nH]c(C)c1C(C)=O. The molecule has 0 saturated heterocycles. The predicted octanol–water partition coefficient (Wildman–Crippen LogP) is 2.77. The number of para-hydroxylation sites is 1. The van der Waals surface area contributed by atoms with E-state index in [0.29, 0.717) is 34.7 Å². The van der Waals surface area contributed by atoms with E-state index in [1.54, 1.807) is 19.1 Å². The van der Waals surface area contributed by atoms with Crippen LogP contribution in [0.5, 0.6) is 5.75 Å². The molecule has 0 aliphatic rings. The summed E-state index contributed by atoms with van der Waals surface area (Å²) in [5, 5.41) is 12.2. The second-order valence-corrected chi connectivity index (χ2v) is 6.65. The van der Waals surface area contributed by atoms with Crippen molar-refractivity contribution in [1.82, 2.24) is 10.3 Å². The van der Waals surface area contributed by atoms with E-state index in [4.69, 9.17) is 4.74 Å². The van der Waals surface area contributed by atoms with Gasteiger partial charge in [0.25, 0.3) is 5.91 Å². The number of amides is 1. The predicted molar refractivity (Wildman–Crippen MR) is 105 cm³/mol. The molecule has 0 radical (unpaired) electrons. The fourth-order valence-electron chi connectivity index (χ4n) is 3.39. The molecular formula is C21H26N2O5. The molecule has 1 unspecified atom stereocenters. The third kappa shape index (κ3) is 4.60. The topological polar surface area (TPSA) is 108 Å². The average Bonchev–Trinajstić information content (AvgIpc) is 3.01. The lowest BCUT2D eigenvalue weighted by atomic mass is 9.98. The minimum absolute atomic E-state index is 0.0388. The number of nitrogens with one attached hydrogen (secondary N) is 2. The molecule has 2 aromatic rings. The monoisotopic (exact) mass is 386 g/mol. The third-order valence-corrected chi connectivity index (χ3v) is 4.74. The van der Waals surface area contributed by atoms with Crippen LogP contribution in [0.3, 0.4) is 0 Å². The van der Waals surface area contributed by atoms with Crippen LogP contribution < -0.4 is 10.1 Å². The van der Waals surface area contributed by atoms with E-state index in [2.05, 4.69) is 10.3 Å². The first kappa shape index (κ1) is 21.2. The van der Waals surface area contributed by atoms with E-state index in [0.717, 1.165) is 5.56 Å². The minimum atomic E-state index is -1.01. The van der Waals surface area contributed by atoms with Crippen LogP contribution in [0.15, 0.2) is 24.3 Å². The van der Waals surface area contributed by atoms with Gasteiger partial charge in [-0.25, -0.2) is 0 Å². The molecule has 7 nitrogen and oxygen atoms in total. The number of methoxy groups -OCH3 is 1. The molecule has 150 valence electrons. The maximum Gasteiger partial charge on any atom is 0.308 e. The summed E-state index contributed by atoms with van der Waals surface area (Å²) in [6.45, 7) is 5.04. The average molecular weight is 386 g/mol. The van der Waals surface area contributed by atoms with E-state index in [1.165, 1.54) is 14.0 Å². The van der Waals surface area contributed by atoms with Crippen molar-refractivity contribution in [2.75, 3.05) is 13.7 Å². The fourth-order valence-corrected chi connectivity index (χ4v) is 3.39. The van der Waals surface area contributed by atoms with Gasteiger partial charge in [-0.3, -0.25) is 14.4 Å². The Balaban J connectivity index is 2.16. The molecule has 1 amide bonds. The molecule has 2 rings (SSSR count). The Morgan fingerprint density at radius 2 is 1.93 bits per heavy atom. The van der Waals surface area contributed by atoms with E-state index in [1.807, 2.05) is 19.1 Å². The first-order chi connectivity index (χ1) is 13.3. The second-order valence-electron chi connectivity index (χ2n) is 6.65. The van der Waals surface area contributed by atoms with Crippen molar-refractivity contribution in [1.29, 1.82) is 0 Å². The lowest BCUT2D eigenvalue weighted by Gasteiger charge is -2.15. The van der Waals surface area contributed by atoms with Crippen LogP contribution in [-0.2, 0) is 17.6 Å². The Morgan fingerprint density at radius 1 is 1.25 bits per heavy atom. The van der Waals surface area contributed by atoms with Crippen LogP contribution in [0.2, 0.25) is 0 Å². The molecule has 1 aromatic carbocycles. The van der Waals surface area contributed by atoms with Gasteiger partial charge in [0.2, 0.25) is 0 Å². The molecule has 28 heavy (non-hydrogen) atoms. The first-order valence-electron chi connectivity index (χ1n) is 9.15. The van der Waals surface area contributed by atoms with E-state index in [-0.39, 0.29) is 18.7 Å². The summed E-state index contributed by atoms with van der Waals surface area (Å²) in [7, 11) is 1.53. The Morgan fingerprint density at radius 3 is 2.50 bits per heavy atom. The van der Waals surface area contributed by atoms with Crippen molar-refractivity contribution in [3.05, 3.63) is 52.3 Å². The zero-order chi connectivity index (χ0) is 20.8. The molecule has 1 heterocycles. The van der Waals surface area contributed by atoms with Gasteiger partial charge in [0.1, 0.15) is 11.4 Å². The Kier molecular flexibility index (Phi) is 6.98. The highest BCUT2D eigenvalue weighted by Crippen LogP contribution is 2.22. The van der Waals surface area contributed by atoms with Gasteiger partial charge >= 0.3 is 5.97 Å². The van der Waals surface area contributed by atoms with Gasteiger partial charge in [0, 0.05) is 17.8 Å². The van der Waals surface area contributed by atoms with Crippen LogP contribution in [0.4, 0.5) is 0 Å². The minimum Gasteiger partial charge on any atom is -0.496 e. The third-order valence-electron chi connectivity index (χ3n) is 4.74. The lowest BCUT2D eigenvalue weighted by Crippen LogP contribution is -2.34. The maximum atomic E-state index is 12.6. The van der Waals surface area contributed by atoms with E-state index >= 15 is 0 Å². The summed E-state index contributed by atoms with van der Waals surface area (Å²) in [6.07, 6.45) is 0.744. The number of aromatic amines is 1. The van der Waals surface area contributed by atoms with Gasteiger partial charge in [-0.2, -0.15) is 0 Å². The Labute approximate surface area is 164 Å². The molecule has 0 aliphatic heterocycles. The standard InChI is InChI=1S/C21H26N2O5/c1-5-16-18(13(3)24)12(2)23-19(16)20(25)22-11-15(21(26)27)10-14-8-6-7-9-17(14)28-4/h6-9,15,23H,5,10-11H2,1-4H3,(H,22,25)(H,26,27). The van der Waals surface area contributed by atoms with Crippen molar-refractivity contribution in [2.24, 2.45) is 5.92 Å². The zero-order valence-corrected chi connectivity index (χ0v) is 16.6. The van der Waals surface area contributed by atoms with Gasteiger partial charge in [-0.1, -0.05) is 25.1 Å². The van der Waals surface area contributed by atoms with Crippen molar-refractivity contribution < 1.29 is 24.2 Å². The van der Waals surface area contributed by atoms with Gasteiger partial charge < -0.3 is 20.1 Å². The van der Waals surface area contributed by atoms with Crippen LogP contribution in [0, 0.1) is 12.8 Å². The first-order valence-corrected chi connectivity index (χ1v) is 9.15. The van der Waals surface area contributed by atoms with Crippen molar-refractivity contribution in [2.45, 2.75) is 33.6 Å². The molecular weight excluding hydrogens is 360 g/mol. The van der Waals surface area contributed by atoms with Crippen LogP contribution in [0.25, 0.3) is 0 Å². The summed E-state index contributed by atoms with van der Waals surface area (Å²) in [4.78, 5) is 39.1. The number of hydrogen-bond donors (Lipinski definition) is 3.